The van der Waals surface area contributed by atoms with Crippen LogP contribution in [-0.2, 0) is 6.42 Å². The van der Waals surface area contributed by atoms with E-state index < -0.39 is 0 Å². The Morgan fingerprint density at radius 3 is 2.84 bits per heavy atom. The number of benzene rings is 1. The SMILES string of the molecule is CCc1cc(Nc2cccc(C#N)c2)c(C)[nH]c1=O. The van der Waals surface area contributed by atoms with Gasteiger partial charge in [-0.3, -0.25) is 4.79 Å². The van der Waals surface area contributed by atoms with Crippen LogP contribution in [0.3, 0.4) is 0 Å². The third-order valence-corrected chi connectivity index (χ3v) is 2.97. The quantitative estimate of drug-likeness (QED) is 0.883. The summed E-state index contributed by atoms with van der Waals surface area (Å²) < 4.78 is 0. The highest BCUT2D eigenvalue weighted by Crippen LogP contribution is 2.19. The molecule has 4 nitrogen and oxygen atoms in total. The summed E-state index contributed by atoms with van der Waals surface area (Å²) in [6, 6.07) is 11.2. The number of aryl methyl sites for hydroxylation is 2. The molecule has 0 unspecified atom stereocenters. The van der Waals surface area contributed by atoms with E-state index >= 15 is 0 Å². The lowest BCUT2D eigenvalue weighted by molar-refractivity contribution is 1.03. The van der Waals surface area contributed by atoms with E-state index in [1.807, 2.05) is 32.0 Å². The lowest BCUT2D eigenvalue weighted by atomic mass is 10.1. The zero-order valence-corrected chi connectivity index (χ0v) is 10.9. The van der Waals surface area contributed by atoms with Crippen LogP contribution < -0.4 is 10.9 Å². The second kappa shape index (κ2) is 5.40. The molecule has 4 heteroatoms. The molecule has 0 radical (unpaired) electrons. The summed E-state index contributed by atoms with van der Waals surface area (Å²) in [4.78, 5) is 14.5. The molecule has 0 saturated carbocycles. The van der Waals surface area contributed by atoms with Gasteiger partial charge in [-0.25, -0.2) is 0 Å². The molecule has 19 heavy (non-hydrogen) atoms. The Morgan fingerprint density at radius 2 is 2.16 bits per heavy atom. The largest absolute Gasteiger partial charge is 0.354 e. The molecule has 0 atom stereocenters. The fourth-order valence-corrected chi connectivity index (χ4v) is 1.88. The van der Waals surface area contributed by atoms with E-state index in [1.165, 1.54) is 0 Å². The molecule has 96 valence electrons. The van der Waals surface area contributed by atoms with E-state index in [0.717, 1.165) is 22.6 Å². The number of aromatic amines is 1. The molecule has 0 aliphatic heterocycles. The first-order valence-corrected chi connectivity index (χ1v) is 6.14. The fourth-order valence-electron chi connectivity index (χ4n) is 1.88. The third-order valence-electron chi connectivity index (χ3n) is 2.97. The minimum absolute atomic E-state index is 0.0451. The molecule has 0 fully saturated rings. The van der Waals surface area contributed by atoms with Gasteiger partial charge < -0.3 is 10.3 Å². The van der Waals surface area contributed by atoms with Crippen LogP contribution in [0, 0.1) is 18.3 Å². The monoisotopic (exact) mass is 253 g/mol. The number of H-pyrrole nitrogens is 1. The van der Waals surface area contributed by atoms with Gasteiger partial charge in [0.05, 0.1) is 17.3 Å². The Kier molecular flexibility index (Phi) is 3.67. The molecule has 1 aromatic carbocycles. The normalized spacial score (nSPS) is 9.95. The molecule has 2 N–H and O–H groups in total. The Bertz CT molecular complexity index is 695. The summed E-state index contributed by atoms with van der Waals surface area (Å²) in [7, 11) is 0. The molecule has 2 rings (SSSR count). The lowest BCUT2D eigenvalue weighted by Gasteiger charge is -2.11. The third kappa shape index (κ3) is 2.83. The number of aromatic nitrogens is 1. The summed E-state index contributed by atoms with van der Waals surface area (Å²) in [5, 5.41) is 12.1. The molecule has 0 aliphatic rings. The first-order valence-electron chi connectivity index (χ1n) is 6.14. The van der Waals surface area contributed by atoms with Crippen LogP contribution in [0.5, 0.6) is 0 Å². The maximum atomic E-state index is 11.6. The summed E-state index contributed by atoms with van der Waals surface area (Å²) in [5.41, 5.74) is 3.76. The van der Waals surface area contributed by atoms with Crippen LogP contribution >= 0.6 is 0 Å². The highest BCUT2D eigenvalue weighted by Gasteiger charge is 2.05. The predicted molar refractivity (Wildman–Crippen MR) is 75.6 cm³/mol. The molecule has 1 aromatic heterocycles. The number of pyridine rings is 1. The summed E-state index contributed by atoms with van der Waals surface area (Å²) in [6.07, 6.45) is 0.683. The molecule has 0 amide bonds. The van der Waals surface area contributed by atoms with Gasteiger partial charge in [0.1, 0.15) is 0 Å². The van der Waals surface area contributed by atoms with Gasteiger partial charge in [-0.15, -0.1) is 0 Å². The minimum atomic E-state index is -0.0451. The van der Waals surface area contributed by atoms with E-state index in [2.05, 4.69) is 16.4 Å². The maximum Gasteiger partial charge on any atom is 0.251 e. The number of hydrogen-bond donors (Lipinski definition) is 2. The van der Waals surface area contributed by atoms with Gasteiger partial charge in [0.25, 0.3) is 5.56 Å². The molecule has 0 spiro atoms. The van der Waals surface area contributed by atoms with E-state index in [9.17, 15) is 4.79 Å². The van der Waals surface area contributed by atoms with Crippen LogP contribution in [0.2, 0.25) is 0 Å². The van der Waals surface area contributed by atoms with E-state index in [1.54, 1.807) is 12.1 Å². The van der Waals surface area contributed by atoms with E-state index in [4.69, 9.17) is 5.26 Å². The number of nitrogens with zero attached hydrogens (tertiary/aromatic N) is 1. The molecule has 1 heterocycles. The van der Waals surface area contributed by atoms with Crippen molar-refractivity contribution < 1.29 is 0 Å². The topological polar surface area (TPSA) is 68.7 Å². The first kappa shape index (κ1) is 12.9. The molecule has 0 saturated heterocycles. The predicted octanol–water partition coefficient (Wildman–Crippen LogP) is 2.86. The van der Waals surface area contributed by atoms with Crippen molar-refractivity contribution in [3.05, 3.63) is 57.5 Å². The lowest BCUT2D eigenvalue weighted by Crippen LogP contribution is -2.14. The Balaban J connectivity index is 2.38. The minimum Gasteiger partial charge on any atom is -0.354 e. The van der Waals surface area contributed by atoms with Crippen molar-refractivity contribution in [2.45, 2.75) is 20.3 Å². The van der Waals surface area contributed by atoms with Crippen LogP contribution in [0.15, 0.2) is 35.1 Å². The van der Waals surface area contributed by atoms with Gasteiger partial charge in [-0.05, 0) is 37.6 Å². The second-order valence-electron chi connectivity index (χ2n) is 4.33. The van der Waals surface area contributed by atoms with Crippen molar-refractivity contribution in [3.8, 4) is 6.07 Å². The Morgan fingerprint density at radius 1 is 1.37 bits per heavy atom. The van der Waals surface area contributed by atoms with E-state index in [-0.39, 0.29) is 5.56 Å². The average Bonchev–Trinajstić information content (AvgIpc) is 2.42. The molecular weight excluding hydrogens is 238 g/mol. The van der Waals surface area contributed by atoms with Crippen molar-refractivity contribution in [2.75, 3.05) is 5.32 Å². The number of rotatable bonds is 3. The fraction of sp³-hybridized carbons (Fsp3) is 0.200. The van der Waals surface area contributed by atoms with Crippen LogP contribution in [-0.4, -0.2) is 4.98 Å². The molecule has 0 aliphatic carbocycles. The first-order chi connectivity index (χ1) is 9.13. The van der Waals surface area contributed by atoms with Gasteiger partial charge >= 0.3 is 0 Å². The van der Waals surface area contributed by atoms with Crippen molar-refractivity contribution in [3.63, 3.8) is 0 Å². The second-order valence-corrected chi connectivity index (χ2v) is 4.33. The van der Waals surface area contributed by atoms with Gasteiger partial charge in [-0.2, -0.15) is 5.26 Å². The van der Waals surface area contributed by atoms with Gasteiger partial charge in [-0.1, -0.05) is 13.0 Å². The van der Waals surface area contributed by atoms with Crippen molar-refractivity contribution in [1.82, 2.24) is 4.98 Å². The smallest absolute Gasteiger partial charge is 0.251 e. The van der Waals surface area contributed by atoms with Crippen molar-refractivity contribution >= 4 is 11.4 Å². The van der Waals surface area contributed by atoms with Crippen LogP contribution in [0.1, 0.15) is 23.7 Å². The highest BCUT2D eigenvalue weighted by atomic mass is 16.1. The number of nitriles is 1. The Hall–Kier alpha value is -2.54. The van der Waals surface area contributed by atoms with Crippen LogP contribution in [0.25, 0.3) is 0 Å². The highest BCUT2D eigenvalue weighted by molar-refractivity contribution is 5.63. The average molecular weight is 253 g/mol. The summed E-state index contributed by atoms with van der Waals surface area (Å²) >= 11 is 0. The summed E-state index contributed by atoms with van der Waals surface area (Å²) in [6.45, 7) is 3.79. The number of nitrogens with one attached hydrogen (secondary N) is 2. The van der Waals surface area contributed by atoms with Gasteiger partial charge in [0.2, 0.25) is 0 Å². The standard InChI is InChI=1S/C15H15N3O/c1-3-12-8-14(10(2)17-15(12)19)18-13-6-4-5-11(7-13)9-16/h4-8,18H,3H2,1-2H3,(H,17,19). The van der Waals surface area contributed by atoms with Crippen molar-refractivity contribution in [2.24, 2.45) is 0 Å². The van der Waals surface area contributed by atoms with E-state index in [0.29, 0.717) is 12.0 Å². The molecule has 0 bridgehead atoms. The zero-order valence-electron chi connectivity index (χ0n) is 10.9. The zero-order chi connectivity index (χ0) is 13.8. The van der Waals surface area contributed by atoms with Gasteiger partial charge in [0, 0.05) is 16.9 Å². The van der Waals surface area contributed by atoms with Crippen molar-refractivity contribution in [1.29, 1.82) is 5.26 Å². The maximum absolute atomic E-state index is 11.6. The molecule has 2 aromatic rings. The molecular formula is C15H15N3O. The van der Waals surface area contributed by atoms with Gasteiger partial charge in [0.15, 0.2) is 0 Å². The number of anilines is 2. The Labute approximate surface area is 111 Å². The number of hydrogen-bond acceptors (Lipinski definition) is 3. The van der Waals surface area contributed by atoms with Crippen LogP contribution in [0.4, 0.5) is 11.4 Å². The summed E-state index contributed by atoms with van der Waals surface area (Å²) in [5.74, 6) is 0.